The summed E-state index contributed by atoms with van der Waals surface area (Å²) in [5.41, 5.74) is 7.82. The summed E-state index contributed by atoms with van der Waals surface area (Å²) >= 11 is 1.67. The smallest absolute Gasteiger partial charge is 0.144 e. The van der Waals surface area contributed by atoms with E-state index in [2.05, 4.69) is 11.9 Å². The third kappa shape index (κ3) is 2.68. The predicted octanol–water partition coefficient (Wildman–Crippen LogP) is 4.14. The van der Waals surface area contributed by atoms with Crippen LogP contribution in [0.1, 0.15) is 37.6 Å². The van der Waals surface area contributed by atoms with Gasteiger partial charge in [-0.05, 0) is 44.6 Å². The molecule has 1 saturated carbocycles. The molecule has 1 aliphatic rings. The highest BCUT2D eigenvalue weighted by Gasteiger charge is 2.20. The summed E-state index contributed by atoms with van der Waals surface area (Å²) in [7, 11) is 0. The van der Waals surface area contributed by atoms with Gasteiger partial charge in [0.2, 0.25) is 0 Å². The number of nitrogen functional groups attached to an aromatic ring is 1. The number of aromatic nitrogens is 1. The molecule has 1 aromatic heterocycles. The molecule has 0 unspecified atom stereocenters. The largest absolute Gasteiger partial charge is 0.488 e. The maximum atomic E-state index is 6.09. The van der Waals surface area contributed by atoms with Gasteiger partial charge in [-0.1, -0.05) is 6.92 Å². The highest BCUT2D eigenvalue weighted by atomic mass is 32.1. The third-order valence-corrected chi connectivity index (χ3v) is 4.82. The van der Waals surface area contributed by atoms with Gasteiger partial charge in [-0.2, -0.15) is 0 Å². The van der Waals surface area contributed by atoms with Gasteiger partial charge in [0.25, 0.3) is 0 Å². The average Bonchev–Trinajstić information content (AvgIpc) is 2.72. The second-order valence-electron chi connectivity index (χ2n) is 5.59. The van der Waals surface area contributed by atoms with E-state index >= 15 is 0 Å². The van der Waals surface area contributed by atoms with Crippen molar-refractivity contribution in [2.75, 3.05) is 5.73 Å². The second kappa shape index (κ2) is 5.00. The lowest BCUT2D eigenvalue weighted by Crippen LogP contribution is -2.23. The summed E-state index contributed by atoms with van der Waals surface area (Å²) in [6, 6.07) is 3.98. The summed E-state index contributed by atoms with van der Waals surface area (Å²) in [4.78, 5) is 4.50. The van der Waals surface area contributed by atoms with Gasteiger partial charge in [-0.3, -0.25) is 0 Å². The van der Waals surface area contributed by atoms with Gasteiger partial charge in [0.15, 0.2) is 0 Å². The van der Waals surface area contributed by atoms with E-state index in [1.165, 1.54) is 12.8 Å². The average molecular weight is 276 g/mol. The molecule has 0 radical (unpaired) electrons. The number of anilines is 1. The quantitative estimate of drug-likeness (QED) is 0.838. The van der Waals surface area contributed by atoms with Crippen molar-refractivity contribution in [3.63, 3.8) is 0 Å². The van der Waals surface area contributed by atoms with E-state index in [0.717, 1.165) is 45.4 Å². The molecule has 2 N–H and O–H groups in total. The number of ether oxygens (including phenoxy) is 1. The third-order valence-electron chi connectivity index (χ3n) is 3.88. The van der Waals surface area contributed by atoms with E-state index < -0.39 is 0 Å². The Balaban J connectivity index is 1.82. The van der Waals surface area contributed by atoms with Crippen LogP contribution in [0.2, 0.25) is 0 Å². The number of nitrogens with zero attached hydrogens (tertiary/aromatic N) is 1. The number of aryl methyl sites for hydroxylation is 1. The normalized spacial score (nSPS) is 23.7. The van der Waals surface area contributed by atoms with Crippen molar-refractivity contribution in [2.45, 2.75) is 45.6 Å². The van der Waals surface area contributed by atoms with Crippen molar-refractivity contribution in [1.29, 1.82) is 0 Å². The van der Waals surface area contributed by atoms with Gasteiger partial charge in [0.1, 0.15) is 5.75 Å². The number of hydrogen-bond acceptors (Lipinski definition) is 4. The monoisotopic (exact) mass is 276 g/mol. The fourth-order valence-electron chi connectivity index (χ4n) is 2.71. The molecule has 1 aliphatic carbocycles. The molecule has 0 spiro atoms. The van der Waals surface area contributed by atoms with Crippen molar-refractivity contribution in [1.82, 2.24) is 4.98 Å². The number of nitrogens with two attached hydrogens (primary N) is 1. The van der Waals surface area contributed by atoms with Crippen LogP contribution in [-0.4, -0.2) is 11.1 Å². The molecule has 0 saturated heterocycles. The maximum Gasteiger partial charge on any atom is 0.144 e. The Hall–Kier alpha value is -1.29. The molecular weight excluding hydrogens is 256 g/mol. The first kappa shape index (κ1) is 12.7. The predicted molar refractivity (Wildman–Crippen MR) is 80.8 cm³/mol. The Labute approximate surface area is 117 Å². The molecule has 1 fully saturated rings. The second-order valence-corrected chi connectivity index (χ2v) is 6.83. The Morgan fingerprint density at radius 3 is 2.74 bits per heavy atom. The van der Waals surface area contributed by atoms with Crippen LogP contribution < -0.4 is 10.5 Å². The molecule has 2 aromatic rings. The van der Waals surface area contributed by atoms with Crippen LogP contribution in [0.25, 0.3) is 10.2 Å². The van der Waals surface area contributed by atoms with Gasteiger partial charge in [0.05, 0.1) is 27.0 Å². The van der Waals surface area contributed by atoms with E-state index in [4.69, 9.17) is 10.5 Å². The van der Waals surface area contributed by atoms with Crippen LogP contribution in [0.3, 0.4) is 0 Å². The zero-order valence-corrected chi connectivity index (χ0v) is 12.3. The maximum absolute atomic E-state index is 6.09. The molecular formula is C15H20N2OS. The summed E-state index contributed by atoms with van der Waals surface area (Å²) in [5, 5.41) is 1.07. The minimum absolute atomic E-state index is 0.315. The first-order valence-corrected chi connectivity index (χ1v) is 7.77. The van der Waals surface area contributed by atoms with E-state index in [-0.39, 0.29) is 0 Å². The minimum atomic E-state index is 0.315. The van der Waals surface area contributed by atoms with E-state index in [9.17, 15) is 0 Å². The van der Waals surface area contributed by atoms with Gasteiger partial charge in [0, 0.05) is 6.07 Å². The molecule has 1 heterocycles. The number of thiazole rings is 1. The van der Waals surface area contributed by atoms with Gasteiger partial charge in [-0.15, -0.1) is 11.3 Å². The topological polar surface area (TPSA) is 48.1 Å². The number of benzene rings is 1. The van der Waals surface area contributed by atoms with Crippen LogP contribution in [0.5, 0.6) is 5.75 Å². The van der Waals surface area contributed by atoms with E-state index in [1.54, 1.807) is 11.3 Å². The zero-order valence-electron chi connectivity index (χ0n) is 11.5. The molecule has 19 heavy (non-hydrogen) atoms. The first-order valence-electron chi connectivity index (χ1n) is 6.95. The Bertz CT molecular complexity index is 585. The molecule has 3 rings (SSSR count). The highest BCUT2D eigenvalue weighted by molar-refractivity contribution is 7.18. The number of fused-ring (bicyclic) bond motifs is 1. The number of hydrogen-bond donors (Lipinski definition) is 1. The van der Waals surface area contributed by atoms with Crippen molar-refractivity contribution in [3.8, 4) is 5.75 Å². The van der Waals surface area contributed by atoms with Gasteiger partial charge in [-0.25, -0.2) is 4.98 Å². The van der Waals surface area contributed by atoms with Crippen molar-refractivity contribution in [3.05, 3.63) is 17.1 Å². The van der Waals surface area contributed by atoms with Crippen molar-refractivity contribution < 1.29 is 4.74 Å². The van der Waals surface area contributed by atoms with Crippen molar-refractivity contribution >= 4 is 27.2 Å². The summed E-state index contributed by atoms with van der Waals surface area (Å²) in [5.74, 6) is 1.64. The summed E-state index contributed by atoms with van der Waals surface area (Å²) in [6.45, 7) is 4.33. The Kier molecular flexibility index (Phi) is 3.35. The molecule has 0 atom stereocenters. The lowest BCUT2D eigenvalue weighted by molar-refractivity contribution is 0.136. The molecule has 3 nitrogen and oxygen atoms in total. The Morgan fingerprint density at radius 2 is 2.00 bits per heavy atom. The summed E-state index contributed by atoms with van der Waals surface area (Å²) < 4.78 is 7.23. The lowest BCUT2D eigenvalue weighted by Gasteiger charge is -2.27. The van der Waals surface area contributed by atoms with Gasteiger partial charge >= 0.3 is 0 Å². The van der Waals surface area contributed by atoms with Crippen LogP contribution >= 0.6 is 11.3 Å². The standard InChI is InChI=1S/C15H20N2OS/c1-9-3-5-11(6-4-9)18-14-8-13-15(7-12(14)16)19-10(2)17-13/h7-9,11H,3-6,16H2,1-2H3. The molecule has 4 heteroatoms. The van der Waals surface area contributed by atoms with Crippen LogP contribution in [0.4, 0.5) is 5.69 Å². The fourth-order valence-corrected chi connectivity index (χ4v) is 3.57. The molecule has 0 aliphatic heterocycles. The number of rotatable bonds is 2. The van der Waals surface area contributed by atoms with Gasteiger partial charge < -0.3 is 10.5 Å². The van der Waals surface area contributed by atoms with Crippen LogP contribution in [0, 0.1) is 12.8 Å². The molecule has 102 valence electrons. The lowest BCUT2D eigenvalue weighted by atomic mass is 9.89. The highest BCUT2D eigenvalue weighted by Crippen LogP contribution is 2.34. The van der Waals surface area contributed by atoms with E-state index in [0.29, 0.717) is 6.10 Å². The van der Waals surface area contributed by atoms with E-state index in [1.807, 2.05) is 19.1 Å². The molecule has 0 amide bonds. The first-order chi connectivity index (χ1) is 9.11. The molecule has 0 bridgehead atoms. The summed E-state index contributed by atoms with van der Waals surface area (Å²) in [6.07, 6.45) is 5.09. The Morgan fingerprint density at radius 1 is 1.26 bits per heavy atom. The SMILES string of the molecule is Cc1nc2cc(OC3CCC(C)CC3)c(N)cc2s1. The van der Waals surface area contributed by atoms with Crippen LogP contribution in [0.15, 0.2) is 12.1 Å². The van der Waals surface area contributed by atoms with Crippen LogP contribution in [-0.2, 0) is 0 Å². The molecule has 1 aromatic carbocycles. The fraction of sp³-hybridized carbons (Fsp3) is 0.533. The zero-order chi connectivity index (χ0) is 13.4. The van der Waals surface area contributed by atoms with Crippen molar-refractivity contribution in [2.24, 2.45) is 5.92 Å². The minimum Gasteiger partial charge on any atom is -0.488 e.